The van der Waals surface area contributed by atoms with Gasteiger partial charge in [-0.2, -0.15) is 11.8 Å². The first-order valence-corrected chi connectivity index (χ1v) is 7.39. The average molecular weight is 244 g/mol. The molecule has 0 aliphatic carbocycles. The molecule has 0 unspecified atom stereocenters. The summed E-state index contributed by atoms with van der Waals surface area (Å²) >= 11 is 1.74. The van der Waals surface area contributed by atoms with Crippen LogP contribution in [0.3, 0.4) is 0 Å². The molecule has 4 heteroatoms. The van der Waals surface area contributed by atoms with E-state index >= 15 is 0 Å². The van der Waals surface area contributed by atoms with E-state index < -0.39 is 0 Å². The number of hydrogen-bond donors (Lipinski definition) is 1. The van der Waals surface area contributed by atoms with Gasteiger partial charge >= 0.3 is 0 Å². The molecule has 1 heterocycles. The van der Waals surface area contributed by atoms with Crippen molar-refractivity contribution in [3.05, 3.63) is 0 Å². The van der Waals surface area contributed by atoms with E-state index in [0.29, 0.717) is 5.41 Å². The topological polar surface area (TPSA) is 46.3 Å². The third-order valence-electron chi connectivity index (χ3n) is 3.38. The van der Waals surface area contributed by atoms with Crippen molar-refractivity contribution >= 4 is 17.7 Å². The van der Waals surface area contributed by atoms with Gasteiger partial charge in [-0.05, 0) is 36.7 Å². The summed E-state index contributed by atoms with van der Waals surface area (Å²) in [4.78, 5) is 13.9. The Morgan fingerprint density at radius 1 is 1.44 bits per heavy atom. The summed E-state index contributed by atoms with van der Waals surface area (Å²) in [5.74, 6) is 1.11. The van der Waals surface area contributed by atoms with E-state index in [9.17, 15) is 4.79 Å². The Bertz CT molecular complexity index is 233. The van der Waals surface area contributed by atoms with Crippen LogP contribution in [0, 0.1) is 5.41 Å². The van der Waals surface area contributed by atoms with Gasteiger partial charge in [0, 0.05) is 13.1 Å². The number of thioether (sulfide) groups is 1. The minimum Gasteiger partial charge on any atom is -0.341 e. The molecule has 1 rings (SSSR count). The Hall–Kier alpha value is -0.220. The molecule has 2 N–H and O–H groups in total. The highest BCUT2D eigenvalue weighted by Gasteiger charge is 2.29. The first kappa shape index (κ1) is 13.8. The van der Waals surface area contributed by atoms with Crippen LogP contribution < -0.4 is 5.73 Å². The van der Waals surface area contributed by atoms with Crippen LogP contribution in [0.15, 0.2) is 0 Å². The highest BCUT2D eigenvalue weighted by atomic mass is 32.2. The van der Waals surface area contributed by atoms with Crippen molar-refractivity contribution in [2.24, 2.45) is 11.1 Å². The number of nitrogens with two attached hydrogens (primary N) is 1. The van der Waals surface area contributed by atoms with Gasteiger partial charge in [-0.25, -0.2) is 0 Å². The minimum absolute atomic E-state index is 0.143. The number of amides is 1. The van der Waals surface area contributed by atoms with Gasteiger partial charge in [0.1, 0.15) is 0 Å². The summed E-state index contributed by atoms with van der Waals surface area (Å²) in [6.45, 7) is 6.28. The zero-order valence-electron chi connectivity index (χ0n) is 10.7. The monoisotopic (exact) mass is 244 g/mol. The van der Waals surface area contributed by atoms with Crippen LogP contribution in [-0.4, -0.2) is 41.9 Å². The molecule has 16 heavy (non-hydrogen) atoms. The number of piperidine rings is 1. The van der Waals surface area contributed by atoms with Crippen LogP contribution in [0.25, 0.3) is 0 Å². The lowest BCUT2D eigenvalue weighted by molar-refractivity contribution is -0.134. The summed E-state index contributed by atoms with van der Waals surface area (Å²) in [5.41, 5.74) is 6.29. The van der Waals surface area contributed by atoms with Gasteiger partial charge in [-0.1, -0.05) is 13.8 Å². The second-order valence-electron chi connectivity index (χ2n) is 5.38. The van der Waals surface area contributed by atoms with Gasteiger partial charge in [-0.3, -0.25) is 4.79 Å². The molecule has 1 fully saturated rings. The van der Waals surface area contributed by atoms with Gasteiger partial charge in [0.2, 0.25) is 5.91 Å². The SMILES string of the molecule is CSCC[C@@H](N)C(=O)N1CCC(C)(C)CC1. The zero-order valence-corrected chi connectivity index (χ0v) is 11.5. The van der Waals surface area contributed by atoms with Crippen LogP contribution in [0.5, 0.6) is 0 Å². The standard InChI is InChI=1S/C12H24N2OS/c1-12(2)5-7-14(8-6-12)11(15)10(13)4-9-16-3/h10H,4-9,13H2,1-3H3/t10-/m1/s1. The number of rotatable bonds is 4. The van der Waals surface area contributed by atoms with E-state index in [1.165, 1.54) is 0 Å². The minimum atomic E-state index is -0.298. The molecule has 0 aromatic rings. The Morgan fingerprint density at radius 3 is 2.50 bits per heavy atom. The predicted octanol–water partition coefficient (Wildman–Crippen LogP) is 1.72. The predicted molar refractivity (Wildman–Crippen MR) is 70.6 cm³/mol. The maximum absolute atomic E-state index is 12.0. The lowest BCUT2D eigenvalue weighted by Crippen LogP contribution is -2.48. The van der Waals surface area contributed by atoms with E-state index in [2.05, 4.69) is 13.8 Å². The second kappa shape index (κ2) is 5.92. The number of nitrogens with zero attached hydrogens (tertiary/aromatic N) is 1. The number of likely N-dealkylation sites (tertiary alicyclic amines) is 1. The molecule has 0 spiro atoms. The Labute approximate surface area is 103 Å². The smallest absolute Gasteiger partial charge is 0.239 e. The average Bonchev–Trinajstić information content (AvgIpc) is 2.25. The molecule has 94 valence electrons. The summed E-state index contributed by atoms with van der Waals surface area (Å²) in [6.07, 6.45) is 5.02. The van der Waals surface area contributed by atoms with Crippen molar-refractivity contribution in [2.75, 3.05) is 25.1 Å². The Balaban J connectivity index is 2.38. The first-order chi connectivity index (χ1) is 7.46. The summed E-state index contributed by atoms with van der Waals surface area (Å²) < 4.78 is 0. The fourth-order valence-corrected chi connectivity index (χ4v) is 2.42. The van der Waals surface area contributed by atoms with Crippen molar-refractivity contribution in [3.63, 3.8) is 0 Å². The third-order valence-corrected chi connectivity index (χ3v) is 4.02. The number of carbonyl (C=O) groups is 1. The molecule has 1 saturated heterocycles. The fourth-order valence-electron chi connectivity index (χ4n) is 1.94. The number of hydrogen-bond acceptors (Lipinski definition) is 3. The molecule has 1 atom stereocenters. The maximum atomic E-state index is 12.0. The third kappa shape index (κ3) is 3.98. The molecule has 1 amide bonds. The largest absolute Gasteiger partial charge is 0.341 e. The summed E-state index contributed by atoms with van der Waals surface area (Å²) in [6, 6.07) is -0.298. The lowest BCUT2D eigenvalue weighted by atomic mass is 9.82. The van der Waals surface area contributed by atoms with Gasteiger partial charge in [0.05, 0.1) is 6.04 Å². The van der Waals surface area contributed by atoms with Crippen LogP contribution >= 0.6 is 11.8 Å². The van der Waals surface area contributed by atoms with Gasteiger partial charge in [-0.15, -0.1) is 0 Å². The molecule has 0 bridgehead atoms. The molecule has 1 aliphatic heterocycles. The Morgan fingerprint density at radius 2 is 2.00 bits per heavy atom. The molecule has 0 aromatic carbocycles. The van der Waals surface area contributed by atoms with E-state index in [0.717, 1.165) is 38.1 Å². The normalized spacial score (nSPS) is 21.9. The highest BCUT2D eigenvalue weighted by Crippen LogP contribution is 2.29. The summed E-state index contributed by atoms with van der Waals surface area (Å²) in [7, 11) is 0. The van der Waals surface area contributed by atoms with Crippen molar-refractivity contribution in [1.29, 1.82) is 0 Å². The fraction of sp³-hybridized carbons (Fsp3) is 0.917. The van der Waals surface area contributed by atoms with E-state index in [4.69, 9.17) is 5.73 Å². The maximum Gasteiger partial charge on any atom is 0.239 e. The van der Waals surface area contributed by atoms with Crippen LogP contribution in [0.1, 0.15) is 33.1 Å². The molecule has 0 radical (unpaired) electrons. The van der Waals surface area contributed by atoms with Gasteiger partial charge < -0.3 is 10.6 Å². The van der Waals surface area contributed by atoms with Crippen LogP contribution in [0.2, 0.25) is 0 Å². The zero-order chi connectivity index (χ0) is 12.2. The van der Waals surface area contributed by atoms with Gasteiger partial charge in [0.15, 0.2) is 0 Å². The van der Waals surface area contributed by atoms with Crippen LogP contribution in [0.4, 0.5) is 0 Å². The van der Waals surface area contributed by atoms with Gasteiger partial charge in [0.25, 0.3) is 0 Å². The second-order valence-corrected chi connectivity index (χ2v) is 6.36. The molecule has 0 saturated carbocycles. The quantitative estimate of drug-likeness (QED) is 0.819. The van der Waals surface area contributed by atoms with Crippen molar-refractivity contribution < 1.29 is 4.79 Å². The van der Waals surface area contributed by atoms with E-state index in [-0.39, 0.29) is 11.9 Å². The first-order valence-electron chi connectivity index (χ1n) is 5.99. The lowest BCUT2D eigenvalue weighted by Gasteiger charge is -2.37. The van der Waals surface area contributed by atoms with Crippen molar-refractivity contribution in [2.45, 2.75) is 39.2 Å². The van der Waals surface area contributed by atoms with E-state index in [1.54, 1.807) is 11.8 Å². The molecular formula is C12H24N2OS. The molecule has 3 nitrogen and oxygen atoms in total. The van der Waals surface area contributed by atoms with Crippen LogP contribution in [-0.2, 0) is 4.79 Å². The van der Waals surface area contributed by atoms with Crippen molar-refractivity contribution in [1.82, 2.24) is 4.90 Å². The van der Waals surface area contributed by atoms with Crippen molar-refractivity contribution in [3.8, 4) is 0 Å². The molecule has 1 aliphatic rings. The summed E-state index contributed by atoms with van der Waals surface area (Å²) in [5, 5.41) is 0. The molecular weight excluding hydrogens is 220 g/mol. The number of carbonyl (C=O) groups excluding carboxylic acids is 1. The molecule has 0 aromatic heterocycles. The van der Waals surface area contributed by atoms with E-state index in [1.807, 2.05) is 11.2 Å². The Kier molecular flexibility index (Phi) is 5.12. The highest BCUT2D eigenvalue weighted by molar-refractivity contribution is 7.98.